The van der Waals surface area contributed by atoms with Crippen molar-refractivity contribution in [2.75, 3.05) is 19.6 Å². The Morgan fingerprint density at radius 1 is 1.13 bits per heavy atom. The molecule has 0 radical (unpaired) electrons. The van der Waals surface area contributed by atoms with Gasteiger partial charge in [-0.05, 0) is 44.4 Å². The standard InChI is InChI=1S/C16H23F3N2O2/c17-16(18,19)15(23)21-8-6-13(7-9-21)11-20-14(22)10-12-4-2-1-3-5-12/h10,13H,1-9,11H2,(H,20,22). The van der Waals surface area contributed by atoms with E-state index in [-0.39, 0.29) is 24.9 Å². The Hall–Kier alpha value is -1.53. The van der Waals surface area contributed by atoms with Crippen LogP contribution in [-0.4, -0.2) is 42.5 Å². The van der Waals surface area contributed by atoms with Crippen molar-refractivity contribution in [2.24, 2.45) is 5.92 Å². The molecule has 0 aromatic rings. The molecule has 1 saturated carbocycles. The summed E-state index contributed by atoms with van der Waals surface area (Å²) in [7, 11) is 0. The van der Waals surface area contributed by atoms with Crippen molar-refractivity contribution in [1.29, 1.82) is 0 Å². The maximum atomic E-state index is 12.4. The Balaban J connectivity index is 1.70. The molecule has 1 heterocycles. The number of amides is 2. The lowest BCUT2D eigenvalue weighted by Crippen LogP contribution is -2.46. The van der Waals surface area contributed by atoms with Crippen LogP contribution in [0.3, 0.4) is 0 Å². The summed E-state index contributed by atoms with van der Waals surface area (Å²) in [5.41, 5.74) is 1.18. The van der Waals surface area contributed by atoms with Crippen molar-refractivity contribution < 1.29 is 22.8 Å². The van der Waals surface area contributed by atoms with E-state index >= 15 is 0 Å². The molecule has 4 nitrogen and oxygen atoms in total. The van der Waals surface area contributed by atoms with E-state index < -0.39 is 12.1 Å². The number of nitrogens with zero attached hydrogens (tertiary/aromatic N) is 1. The molecule has 1 aliphatic heterocycles. The van der Waals surface area contributed by atoms with Gasteiger partial charge < -0.3 is 10.2 Å². The molecule has 23 heavy (non-hydrogen) atoms. The lowest BCUT2D eigenvalue weighted by atomic mass is 9.94. The third kappa shape index (κ3) is 5.55. The number of halogens is 3. The molecule has 130 valence electrons. The summed E-state index contributed by atoms with van der Waals surface area (Å²) >= 11 is 0. The Bertz CT molecular complexity index is 458. The van der Waals surface area contributed by atoms with Crippen LogP contribution in [0.5, 0.6) is 0 Å². The molecular formula is C16H23F3N2O2. The van der Waals surface area contributed by atoms with E-state index in [9.17, 15) is 22.8 Å². The predicted octanol–water partition coefficient (Wildman–Crippen LogP) is 2.79. The highest BCUT2D eigenvalue weighted by molar-refractivity contribution is 5.88. The predicted molar refractivity (Wildman–Crippen MR) is 79.5 cm³/mol. The molecule has 0 aromatic heterocycles. The lowest BCUT2D eigenvalue weighted by Gasteiger charge is -2.32. The molecule has 0 bridgehead atoms. The van der Waals surface area contributed by atoms with Crippen LogP contribution < -0.4 is 5.32 Å². The van der Waals surface area contributed by atoms with E-state index in [1.54, 1.807) is 6.08 Å². The minimum absolute atomic E-state index is 0.0972. The molecule has 1 N–H and O–H groups in total. The number of nitrogens with one attached hydrogen (secondary N) is 1. The molecule has 2 amide bonds. The molecule has 0 aromatic carbocycles. The van der Waals surface area contributed by atoms with Crippen molar-refractivity contribution in [3.63, 3.8) is 0 Å². The van der Waals surface area contributed by atoms with E-state index in [0.29, 0.717) is 19.4 Å². The largest absolute Gasteiger partial charge is 0.471 e. The van der Waals surface area contributed by atoms with Crippen LogP contribution in [0, 0.1) is 5.92 Å². The van der Waals surface area contributed by atoms with Gasteiger partial charge in [-0.1, -0.05) is 12.0 Å². The Morgan fingerprint density at radius 3 is 2.30 bits per heavy atom. The number of hydrogen-bond donors (Lipinski definition) is 1. The van der Waals surface area contributed by atoms with Crippen LogP contribution in [0.25, 0.3) is 0 Å². The number of piperidine rings is 1. The van der Waals surface area contributed by atoms with Gasteiger partial charge in [-0.15, -0.1) is 0 Å². The number of carbonyl (C=O) groups excluding carboxylic acids is 2. The maximum absolute atomic E-state index is 12.4. The van der Waals surface area contributed by atoms with Crippen LogP contribution in [-0.2, 0) is 9.59 Å². The normalized spacial score (nSPS) is 20.3. The number of carbonyl (C=O) groups is 2. The maximum Gasteiger partial charge on any atom is 0.471 e. The van der Waals surface area contributed by atoms with E-state index in [1.807, 2.05) is 0 Å². The smallest absolute Gasteiger partial charge is 0.352 e. The Kier molecular flexibility index (Phi) is 6.07. The average molecular weight is 332 g/mol. The fourth-order valence-corrected chi connectivity index (χ4v) is 3.15. The Morgan fingerprint density at radius 2 is 1.74 bits per heavy atom. The van der Waals surface area contributed by atoms with Crippen LogP contribution in [0.2, 0.25) is 0 Å². The van der Waals surface area contributed by atoms with Gasteiger partial charge in [0.2, 0.25) is 5.91 Å². The minimum atomic E-state index is -4.80. The summed E-state index contributed by atoms with van der Waals surface area (Å²) in [4.78, 5) is 23.8. The summed E-state index contributed by atoms with van der Waals surface area (Å²) in [5, 5.41) is 2.83. The molecule has 2 fully saturated rings. The highest BCUT2D eigenvalue weighted by Crippen LogP contribution is 2.24. The number of allylic oxidation sites excluding steroid dienone is 1. The number of hydrogen-bond acceptors (Lipinski definition) is 2. The topological polar surface area (TPSA) is 49.4 Å². The second kappa shape index (κ2) is 7.84. The van der Waals surface area contributed by atoms with E-state index in [2.05, 4.69) is 5.32 Å². The summed E-state index contributed by atoms with van der Waals surface area (Å²) in [6.45, 7) is 0.649. The van der Waals surface area contributed by atoms with Gasteiger partial charge in [-0.25, -0.2) is 0 Å². The van der Waals surface area contributed by atoms with Gasteiger partial charge >= 0.3 is 12.1 Å². The molecule has 1 saturated heterocycles. The Labute approximate surface area is 134 Å². The molecule has 0 spiro atoms. The van der Waals surface area contributed by atoms with E-state index in [4.69, 9.17) is 0 Å². The fourth-order valence-electron chi connectivity index (χ4n) is 3.15. The number of likely N-dealkylation sites (tertiary alicyclic amines) is 1. The molecule has 1 aliphatic carbocycles. The van der Waals surface area contributed by atoms with Crippen LogP contribution >= 0.6 is 0 Å². The molecule has 0 unspecified atom stereocenters. The van der Waals surface area contributed by atoms with Gasteiger partial charge in [0.1, 0.15) is 0 Å². The van der Waals surface area contributed by atoms with Gasteiger partial charge in [-0.3, -0.25) is 9.59 Å². The highest BCUT2D eigenvalue weighted by atomic mass is 19.4. The van der Waals surface area contributed by atoms with Crippen LogP contribution in [0.1, 0.15) is 44.9 Å². The summed E-state index contributed by atoms with van der Waals surface area (Å²) in [6, 6.07) is 0. The fraction of sp³-hybridized carbons (Fsp3) is 0.750. The van der Waals surface area contributed by atoms with Crippen molar-refractivity contribution in [2.45, 2.75) is 51.1 Å². The minimum Gasteiger partial charge on any atom is -0.352 e. The zero-order valence-corrected chi connectivity index (χ0v) is 13.1. The first-order valence-electron chi connectivity index (χ1n) is 8.19. The van der Waals surface area contributed by atoms with Gasteiger partial charge in [0, 0.05) is 25.7 Å². The molecule has 2 aliphatic rings. The van der Waals surface area contributed by atoms with Gasteiger partial charge in [-0.2, -0.15) is 13.2 Å². The van der Waals surface area contributed by atoms with Crippen molar-refractivity contribution in [1.82, 2.24) is 10.2 Å². The molecule has 2 rings (SSSR count). The average Bonchev–Trinajstić information content (AvgIpc) is 2.53. The molecular weight excluding hydrogens is 309 g/mol. The summed E-state index contributed by atoms with van der Waals surface area (Å²) in [5.74, 6) is -1.75. The van der Waals surface area contributed by atoms with Crippen molar-refractivity contribution >= 4 is 11.8 Å². The van der Waals surface area contributed by atoms with Gasteiger partial charge in [0.25, 0.3) is 0 Å². The molecule has 0 atom stereocenters. The third-order valence-electron chi connectivity index (χ3n) is 4.54. The number of rotatable bonds is 3. The highest BCUT2D eigenvalue weighted by Gasteiger charge is 2.43. The van der Waals surface area contributed by atoms with E-state index in [1.165, 1.54) is 12.0 Å². The van der Waals surface area contributed by atoms with Crippen LogP contribution in [0.4, 0.5) is 13.2 Å². The van der Waals surface area contributed by atoms with E-state index in [0.717, 1.165) is 30.6 Å². The third-order valence-corrected chi connectivity index (χ3v) is 4.54. The number of alkyl halides is 3. The van der Waals surface area contributed by atoms with Crippen LogP contribution in [0.15, 0.2) is 11.6 Å². The first kappa shape index (κ1) is 17.8. The molecule has 7 heteroatoms. The first-order chi connectivity index (χ1) is 10.9. The van der Waals surface area contributed by atoms with Gasteiger partial charge in [0.15, 0.2) is 0 Å². The van der Waals surface area contributed by atoms with Gasteiger partial charge in [0.05, 0.1) is 0 Å². The lowest BCUT2D eigenvalue weighted by molar-refractivity contribution is -0.186. The SMILES string of the molecule is O=C(C=C1CCCCC1)NCC1CCN(C(=O)C(F)(F)F)CC1. The second-order valence-electron chi connectivity index (χ2n) is 6.34. The summed E-state index contributed by atoms with van der Waals surface area (Å²) in [6.07, 6.45) is 3.27. The monoisotopic (exact) mass is 332 g/mol. The summed E-state index contributed by atoms with van der Waals surface area (Å²) < 4.78 is 37.1. The zero-order valence-electron chi connectivity index (χ0n) is 13.1. The zero-order chi connectivity index (χ0) is 16.9. The second-order valence-corrected chi connectivity index (χ2v) is 6.34. The van der Waals surface area contributed by atoms with Crippen molar-refractivity contribution in [3.05, 3.63) is 11.6 Å². The van der Waals surface area contributed by atoms with Crippen molar-refractivity contribution in [3.8, 4) is 0 Å². The quantitative estimate of drug-likeness (QED) is 0.808. The first-order valence-corrected chi connectivity index (χ1v) is 8.19.